The van der Waals surface area contributed by atoms with E-state index < -0.39 is 34.4 Å². The first kappa shape index (κ1) is 22.1. The Kier molecular flexibility index (Phi) is 5.83. The summed E-state index contributed by atoms with van der Waals surface area (Å²) >= 11 is -2.55. The van der Waals surface area contributed by atoms with Crippen molar-refractivity contribution >= 4 is 22.0 Å². The van der Waals surface area contributed by atoms with Crippen molar-refractivity contribution in [1.82, 2.24) is 4.98 Å². The number of halogens is 4. The lowest BCUT2D eigenvalue weighted by molar-refractivity contribution is -0.136. The molecule has 4 aromatic rings. The van der Waals surface area contributed by atoms with Gasteiger partial charge < -0.3 is 4.55 Å². The summed E-state index contributed by atoms with van der Waals surface area (Å²) in [6, 6.07) is 17.0. The molecule has 4 rings (SSSR count). The highest BCUT2D eigenvalue weighted by molar-refractivity contribution is 7.78. The van der Waals surface area contributed by atoms with Crippen molar-refractivity contribution in [3.63, 3.8) is 0 Å². The van der Waals surface area contributed by atoms with Crippen molar-refractivity contribution in [3.05, 3.63) is 89.4 Å². The number of hydrogen-bond donors (Lipinski definition) is 0. The Labute approximate surface area is 184 Å². The smallest absolute Gasteiger partial charge is 0.418 e. The van der Waals surface area contributed by atoms with E-state index in [-0.39, 0.29) is 33.3 Å². The second kappa shape index (κ2) is 8.44. The first-order valence-corrected chi connectivity index (χ1v) is 10.8. The number of pyridine rings is 1. The third-order valence-electron chi connectivity index (χ3n) is 5.09. The van der Waals surface area contributed by atoms with Gasteiger partial charge in [-0.2, -0.15) is 13.2 Å². The van der Waals surface area contributed by atoms with Crippen LogP contribution in [0.15, 0.2) is 66.7 Å². The molecule has 0 aliphatic heterocycles. The van der Waals surface area contributed by atoms with Crippen LogP contribution in [0.4, 0.5) is 17.6 Å². The van der Waals surface area contributed by atoms with Gasteiger partial charge in [0.25, 0.3) is 0 Å². The van der Waals surface area contributed by atoms with Crippen LogP contribution in [0, 0.1) is 12.7 Å². The van der Waals surface area contributed by atoms with Crippen LogP contribution < -0.4 is 0 Å². The number of nitrogens with zero attached hydrogens (tertiary/aromatic N) is 1. The Bertz CT molecular complexity index is 1340. The van der Waals surface area contributed by atoms with Gasteiger partial charge in [0.05, 0.1) is 11.1 Å². The van der Waals surface area contributed by atoms with Gasteiger partial charge in [-0.1, -0.05) is 53.5 Å². The van der Waals surface area contributed by atoms with Crippen LogP contribution >= 0.6 is 0 Å². The predicted octanol–water partition coefficient (Wildman–Crippen LogP) is 6.41. The van der Waals surface area contributed by atoms with Crippen LogP contribution in [0.5, 0.6) is 0 Å². The fourth-order valence-electron chi connectivity index (χ4n) is 3.74. The van der Waals surface area contributed by atoms with Gasteiger partial charge in [-0.25, -0.2) is 4.39 Å². The average Bonchev–Trinajstić information content (AvgIpc) is 2.74. The zero-order valence-corrected chi connectivity index (χ0v) is 17.6. The van der Waals surface area contributed by atoms with E-state index in [1.54, 1.807) is 30.3 Å². The van der Waals surface area contributed by atoms with Crippen LogP contribution in [0.3, 0.4) is 0 Å². The van der Waals surface area contributed by atoms with E-state index >= 15 is 4.39 Å². The van der Waals surface area contributed by atoms with E-state index in [2.05, 4.69) is 4.98 Å². The summed E-state index contributed by atoms with van der Waals surface area (Å²) in [5, 5.41) is 0.128. The molecule has 3 nitrogen and oxygen atoms in total. The van der Waals surface area contributed by atoms with Gasteiger partial charge in [-0.3, -0.25) is 9.19 Å². The average molecular weight is 458 g/mol. The number of benzene rings is 3. The van der Waals surface area contributed by atoms with Gasteiger partial charge in [0.2, 0.25) is 0 Å². The van der Waals surface area contributed by atoms with Gasteiger partial charge in [0.15, 0.2) is 0 Å². The maximum atomic E-state index is 15.5. The quantitative estimate of drug-likeness (QED) is 0.262. The fraction of sp³-hybridized carbons (Fsp3) is 0.125. The summed E-state index contributed by atoms with van der Waals surface area (Å²) in [4.78, 5) is 4.07. The Morgan fingerprint density at radius 1 is 0.938 bits per heavy atom. The van der Waals surface area contributed by atoms with Gasteiger partial charge in [0.1, 0.15) is 5.82 Å². The minimum Gasteiger partial charge on any atom is -0.772 e. The molecule has 8 heteroatoms. The molecule has 1 heterocycles. The lowest BCUT2D eigenvalue weighted by atomic mass is 9.93. The predicted molar refractivity (Wildman–Crippen MR) is 115 cm³/mol. The summed E-state index contributed by atoms with van der Waals surface area (Å²) in [6.45, 7) is 1.53. The topological polar surface area (TPSA) is 53.0 Å². The monoisotopic (exact) mass is 458 g/mol. The van der Waals surface area contributed by atoms with Crippen molar-refractivity contribution in [2.24, 2.45) is 0 Å². The highest BCUT2D eigenvalue weighted by atomic mass is 32.2. The SMILES string of the molecule is Cc1cc(-c2cc(-c3ccccc3)cc(CS(=O)[O-])c2F)c2cccc(C(F)(F)F)c2n1. The van der Waals surface area contributed by atoms with Crippen LogP contribution in [0.2, 0.25) is 0 Å². The molecule has 0 spiro atoms. The molecule has 164 valence electrons. The third-order valence-corrected chi connectivity index (χ3v) is 5.64. The normalized spacial score (nSPS) is 12.8. The zero-order valence-electron chi connectivity index (χ0n) is 16.7. The van der Waals surface area contributed by atoms with Crippen LogP contribution in [0.1, 0.15) is 16.8 Å². The van der Waals surface area contributed by atoms with Gasteiger partial charge in [0, 0.05) is 28.0 Å². The maximum Gasteiger partial charge on any atom is 0.418 e. The number of aromatic nitrogens is 1. The molecular weight excluding hydrogens is 442 g/mol. The minimum absolute atomic E-state index is 0.0154. The molecule has 0 saturated heterocycles. The lowest BCUT2D eigenvalue weighted by Gasteiger charge is -2.17. The Morgan fingerprint density at radius 2 is 1.66 bits per heavy atom. The van der Waals surface area contributed by atoms with Crippen molar-refractivity contribution in [1.29, 1.82) is 0 Å². The molecule has 1 aromatic heterocycles. The number of para-hydroxylation sites is 1. The number of fused-ring (bicyclic) bond motifs is 1. The van der Waals surface area contributed by atoms with E-state index in [0.717, 1.165) is 11.6 Å². The van der Waals surface area contributed by atoms with Crippen molar-refractivity contribution in [2.75, 3.05) is 0 Å². The number of alkyl halides is 3. The second-order valence-electron chi connectivity index (χ2n) is 7.32. The van der Waals surface area contributed by atoms with Crippen molar-refractivity contribution in [3.8, 4) is 22.3 Å². The summed E-state index contributed by atoms with van der Waals surface area (Å²) in [7, 11) is 0. The molecule has 0 aliphatic carbocycles. The first-order valence-electron chi connectivity index (χ1n) is 9.57. The van der Waals surface area contributed by atoms with Gasteiger partial charge in [-0.05, 0) is 47.9 Å². The first-order chi connectivity index (χ1) is 15.1. The Hall–Kier alpha value is -3.10. The largest absolute Gasteiger partial charge is 0.772 e. The van der Waals surface area contributed by atoms with E-state index in [1.165, 1.54) is 37.3 Å². The summed E-state index contributed by atoms with van der Waals surface area (Å²) in [5.74, 6) is -1.35. The van der Waals surface area contributed by atoms with Crippen LogP contribution in [0.25, 0.3) is 33.2 Å². The van der Waals surface area contributed by atoms with Gasteiger partial charge in [-0.15, -0.1) is 0 Å². The standard InChI is InChI=1S/C24H17F4NO2S/c1-14-10-19(18-8-5-9-21(23(18)29-14)24(26,27)28)20-12-16(15-6-3-2-4-7-15)11-17(22(20)25)13-32(30)31/h2-12H,13H2,1H3,(H,30,31)/p-1. The Morgan fingerprint density at radius 3 is 2.31 bits per heavy atom. The highest BCUT2D eigenvalue weighted by Gasteiger charge is 2.33. The minimum atomic E-state index is -4.63. The third kappa shape index (κ3) is 4.28. The van der Waals surface area contributed by atoms with Crippen molar-refractivity contribution < 1.29 is 26.3 Å². The lowest BCUT2D eigenvalue weighted by Crippen LogP contribution is -2.07. The maximum absolute atomic E-state index is 15.5. The van der Waals surface area contributed by atoms with E-state index in [4.69, 9.17) is 0 Å². The van der Waals surface area contributed by atoms with E-state index in [9.17, 15) is 21.9 Å². The van der Waals surface area contributed by atoms with Crippen molar-refractivity contribution in [2.45, 2.75) is 18.9 Å². The summed E-state index contributed by atoms with van der Waals surface area (Å²) in [5.41, 5.74) is 0.518. The fourth-order valence-corrected chi connectivity index (χ4v) is 4.20. The molecule has 0 fully saturated rings. The van der Waals surface area contributed by atoms with Gasteiger partial charge >= 0.3 is 6.18 Å². The van der Waals surface area contributed by atoms with E-state index in [0.29, 0.717) is 5.56 Å². The molecule has 0 bridgehead atoms. The number of rotatable bonds is 4. The Balaban J connectivity index is 2.06. The molecule has 0 amide bonds. The number of aryl methyl sites for hydroxylation is 1. The highest BCUT2D eigenvalue weighted by Crippen LogP contribution is 2.40. The number of hydrogen-bond acceptors (Lipinski definition) is 3. The molecular formula is C24H16F4NO2S-. The summed E-state index contributed by atoms with van der Waals surface area (Å²) < 4.78 is 78.9. The second-order valence-corrected chi connectivity index (χ2v) is 8.22. The molecule has 0 saturated carbocycles. The molecule has 32 heavy (non-hydrogen) atoms. The van der Waals surface area contributed by atoms with Crippen LogP contribution in [-0.4, -0.2) is 13.7 Å². The van der Waals surface area contributed by atoms with Crippen LogP contribution in [-0.2, 0) is 23.0 Å². The summed E-state index contributed by atoms with van der Waals surface area (Å²) in [6.07, 6.45) is -4.63. The molecule has 1 unspecified atom stereocenters. The molecule has 3 aromatic carbocycles. The molecule has 0 N–H and O–H groups in total. The zero-order chi connectivity index (χ0) is 23.0. The molecule has 0 aliphatic rings. The molecule has 0 radical (unpaired) electrons. The van der Waals surface area contributed by atoms with E-state index in [1.807, 2.05) is 0 Å². The molecule has 1 atom stereocenters.